The Hall–Kier alpha value is -3.37. The van der Waals surface area contributed by atoms with E-state index in [2.05, 4.69) is 39.0 Å². The van der Waals surface area contributed by atoms with Crippen molar-refractivity contribution in [2.75, 3.05) is 11.5 Å². The summed E-state index contributed by atoms with van der Waals surface area (Å²) in [5.74, 6) is -0.564. The van der Waals surface area contributed by atoms with Crippen LogP contribution in [0.5, 0.6) is 0 Å². The number of benzene rings is 1. The van der Waals surface area contributed by atoms with E-state index in [1.807, 2.05) is 17.0 Å². The number of ether oxygens (including phenoxy) is 1. The maximum absolute atomic E-state index is 13.9. The second kappa shape index (κ2) is 10.1. The van der Waals surface area contributed by atoms with Crippen molar-refractivity contribution in [3.8, 4) is 6.07 Å². The number of hydrogen-bond donors (Lipinski definition) is 1. The highest BCUT2D eigenvalue weighted by Crippen LogP contribution is 2.53. The molecular formula is C31H35N3O3S. The van der Waals surface area contributed by atoms with Gasteiger partial charge in [-0.1, -0.05) is 45.0 Å². The molecule has 1 aromatic carbocycles. The summed E-state index contributed by atoms with van der Waals surface area (Å²) in [7, 11) is 0. The van der Waals surface area contributed by atoms with Crippen molar-refractivity contribution in [3.05, 3.63) is 74.1 Å². The third-order valence-corrected chi connectivity index (χ3v) is 9.21. The van der Waals surface area contributed by atoms with Gasteiger partial charge in [0.2, 0.25) is 0 Å². The Morgan fingerprint density at radius 3 is 2.55 bits per heavy atom. The Balaban J connectivity index is 1.77. The number of esters is 1. The molecule has 0 saturated carbocycles. The fraction of sp³-hybridized carbons (Fsp3) is 0.452. The van der Waals surface area contributed by atoms with Crippen molar-refractivity contribution in [1.82, 2.24) is 0 Å². The lowest BCUT2D eigenvalue weighted by Gasteiger charge is -2.43. The number of nitrogens with two attached hydrogens (primary N) is 1. The summed E-state index contributed by atoms with van der Waals surface area (Å²) in [5, 5.41) is 11.1. The molecule has 1 unspecified atom stereocenters. The zero-order valence-electron chi connectivity index (χ0n) is 22.6. The van der Waals surface area contributed by atoms with Crippen LogP contribution >= 0.6 is 11.3 Å². The van der Waals surface area contributed by atoms with Crippen molar-refractivity contribution in [3.63, 3.8) is 0 Å². The summed E-state index contributed by atoms with van der Waals surface area (Å²) in [6, 6.07) is 10.5. The molecule has 0 spiro atoms. The first kappa shape index (κ1) is 26.2. The number of rotatable bonds is 5. The fourth-order valence-corrected chi connectivity index (χ4v) is 7.56. The number of aryl methyl sites for hydroxylation is 2. The first-order valence-electron chi connectivity index (χ1n) is 13.6. The lowest BCUT2D eigenvalue weighted by molar-refractivity contribution is -0.118. The molecule has 6 nitrogen and oxygen atoms in total. The zero-order chi connectivity index (χ0) is 27.2. The number of fused-ring (bicyclic) bond motifs is 1. The topological polar surface area (TPSA) is 96.4 Å². The molecule has 0 saturated heterocycles. The van der Waals surface area contributed by atoms with Crippen molar-refractivity contribution in [1.29, 1.82) is 5.26 Å². The predicted octanol–water partition coefficient (Wildman–Crippen LogP) is 6.31. The number of allylic oxidation sites excluding steroid dienone is 3. The maximum Gasteiger partial charge on any atom is 0.341 e. The van der Waals surface area contributed by atoms with E-state index < -0.39 is 5.92 Å². The third-order valence-electron chi connectivity index (χ3n) is 7.94. The average molecular weight is 530 g/mol. The molecule has 1 atom stereocenters. The normalized spacial score (nSPS) is 20.7. The van der Waals surface area contributed by atoms with Crippen molar-refractivity contribution in [2.24, 2.45) is 11.1 Å². The number of Topliss-reactive ketones (excluding diaryl/α,β-unsaturated/α-hetero) is 1. The molecule has 1 aromatic heterocycles. The largest absolute Gasteiger partial charge is 0.462 e. The van der Waals surface area contributed by atoms with Gasteiger partial charge in [-0.25, -0.2) is 4.79 Å². The van der Waals surface area contributed by atoms with E-state index in [-0.39, 0.29) is 23.8 Å². The van der Waals surface area contributed by atoms with E-state index in [0.717, 1.165) is 48.9 Å². The quantitative estimate of drug-likeness (QED) is 0.456. The fourth-order valence-electron chi connectivity index (χ4n) is 6.14. The van der Waals surface area contributed by atoms with Gasteiger partial charge in [0.15, 0.2) is 5.78 Å². The summed E-state index contributed by atoms with van der Waals surface area (Å²) in [4.78, 5) is 30.2. The number of anilines is 1. The van der Waals surface area contributed by atoms with Gasteiger partial charge in [-0.3, -0.25) is 9.69 Å². The Morgan fingerprint density at radius 1 is 1.18 bits per heavy atom. The SMILES string of the molecule is CCOC(=O)c1c(N2C(N)=C(C#N)C(c3ccc(CC)cc3)C3=C2CC(C)(C)CC3=O)sc2c1CCCC2. The molecule has 2 aliphatic carbocycles. The van der Waals surface area contributed by atoms with Crippen molar-refractivity contribution in [2.45, 2.75) is 78.6 Å². The molecule has 1 aliphatic heterocycles. The number of nitrogens with zero attached hydrogens (tertiary/aromatic N) is 2. The van der Waals surface area contributed by atoms with Crippen LogP contribution in [0.2, 0.25) is 0 Å². The van der Waals surface area contributed by atoms with Crippen LogP contribution in [0.3, 0.4) is 0 Å². The van der Waals surface area contributed by atoms with Crippen LogP contribution < -0.4 is 10.6 Å². The molecule has 3 aliphatic rings. The molecule has 2 N–H and O–H groups in total. The summed E-state index contributed by atoms with van der Waals surface area (Å²) < 4.78 is 5.52. The van der Waals surface area contributed by atoms with E-state index >= 15 is 0 Å². The third kappa shape index (κ3) is 4.35. The van der Waals surface area contributed by atoms with Gasteiger partial charge in [-0.05, 0) is 67.6 Å². The van der Waals surface area contributed by atoms with Crippen LogP contribution in [0.15, 0.2) is 46.9 Å². The van der Waals surface area contributed by atoms with E-state index in [1.165, 1.54) is 10.4 Å². The predicted molar refractivity (Wildman–Crippen MR) is 150 cm³/mol. The monoisotopic (exact) mass is 529 g/mol. The molecule has 198 valence electrons. The van der Waals surface area contributed by atoms with Crippen LogP contribution in [0.25, 0.3) is 0 Å². The van der Waals surface area contributed by atoms with Gasteiger partial charge in [-0.15, -0.1) is 11.3 Å². The minimum atomic E-state index is -0.526. The summed E-state index contributed by atoms with van der Waals surface area (Å²) in [6.07, 6.45) is 5.71. The van der Waals surface area contributed by atoms with Crippen LogP contribution in [0, 0.1) is 16.7 Å². The minimum absolute atomic E-state index is 0.0325. The molecule has 2 aromatic rings. The first-order chi connectivity index (χ1) is 18.2. The molecule has 0 fully saturated rings. The molecule has 0 amide bonds. The standard InChI is InChI=1S/C31H35N3O3S/c1-5-18-11-13-19(14-12-18)25-21(17-32)28(33)34(22-15-31(3,4)16-23(35)27(22)25)29-26(30(36)37-6-2)20-9-7-8-10-24(20)38-29/h11-14,25H,5-10,15-16,33H2,1-4H3. The van der Waals surface area contributed by atoms with E-state index in [4.69, 9.17) is 10.5 Å². The number of carbonyl (C=O) groups excluding carboxylic acids is 2. The highest BCUT2D eigenvalue weighted by Gasteiger charge is 2.46. The van der Waals surface area contributed by atoms with Gasteiger partial charge in [0, 0.05) is 22.6 Å². The summed E-state index contributed by atoms with van der Waals surface area (Å²) in [5.41, 5.74) is 12.0. The van der Waals surface area contributed by atoms with E-state index in [9.17, 15) is 14.9 Å². The van der Waals surface area contributed by atoms with Crippen LogP contribution in [0.4, 0.5) is 5.00 Å². The maximum atomic E-state index is 13.9. The number of carbonyl (C=O) groups is 2. The molecule has 0 bridgehead atoms. The minimum Gasteiger partial charge on any atom is -0.462 e. The number of thiophene rings is 1. The number of nitriles is 1. The first-order valence-corrected chi connectivity index (χ1v) is 14.4. The summed E-state index contributed by atoms with van der Waals surface area (Å²) >= 11 is 1.55. The number of ketones is 1. The smallest absolute Gasteiger partial charge is 0.341 e. The Labute approximate surface area is 228 Å². The van der Waals surface area contributed by atoms with Crippen molar-refractivity contribution >= 4 is 28.1 Å². The van der Waals surface area contributed by atoms with Gasteiger partial charge in [0.1, 0.15) is 10.8 Å². The lowest BCUT2D eigenvalue weighted by Crippen LogP contribution is -2.42. The Kier molecular flexibility index (Phi) is 6.96. The molecule has 0 radical (unpaired) electrons. The number of hydrogen-bond acceptors (Lipinski definition) is 7. The highest BCUT2D eigenvalue weighted by molar-refractivity contribution is 7.16. The van der Waals surface area contributed by atoms with Crippen LogP contribution in [0.1, 0.15) is 91.2 Å². The van der Waals surface area contributed by atoms with Crippen molar-refractivity contribution < 1.29 is 14.3 Å². The van der Waals surface area contributed by atoms with Crippen LogP contribution in [-0.2, 0) is 28.8 Å². The molecular weight excluding hydrogens is 494 g/mol. The van der Waals surface area contributed by atoms with E-state index in [1.54, 1.807) is 18.3 Å². The molecule has 38 heavy (non-hydrogen) atoms. The van der Waals surface area contributed by atoms with Crippen LogP contribution in [-0.4, -0.2) is 18.4 Å². The molecule has 5 rings (SSSR count). The Bertz CT molecular complexity index is 1400. The van der Waals surface area contributed by atoms with Gasteiger partial charge in [0.25, 0.3) is 0 Å². The summed E-state index contributed by atoms with van der Waals surface area (Å²) in [6.45, 7) is 8.34. The van der Waals surface area contributed by atoms with Gasteiger partial charge < -0.3 is 10.5 Å². The van der Waals surface area contributed by atoms with E-state index in [0.29, 0.717) is 40.4 Å². The van der Waals surface area contributed by atoms with Gasteiger partial charge in [0.05, 0.1) is 29.7 Å². The zero-order valence-corrected chi connectivity index (χ0v) is 23.5. The molecule has 2 heterocycles. The Morgan fingerprint density at radius 2 is 1.89 bits per heavy atom. The highest BCUT2D eigenvalue weighted by atomic mass is 32.1. The molecule has 7 heteroatoms. The van der Waals surface area contributed by atoms with Gasteiger partial charge >= 0.3 is 5.97 Å². The second-order valence-corrected chi connectivity index (χ2v) is 12.3. The lowest BCUT2D eigenvalue weighted by atomic mass is 9.68. The second-order valence-electron chi connectivity index (χ2n) is 11.2. The average Bonchev–Trinajstić information content (AvgIpc) is 3.26. The van der Waals surface area contributed by atoms with Gasteiger partial charge in [-0.2, -0.15) is 5.26 Å².